The standard InChI is InChI=1S/C23H39N3O4S/c1-4-31(29,30)26-7-5-19(6-8-26)24-21(27)20(15(2)3)25-22(28)23-12-16-9-17(13-23)11-18(10-16)14-23/h15-20H,4-14H2,1-3H3,(H,24,27)(H,25,28)/t16?,17?,18?,20-,23?/m1/s1. The number of piperidine rings is 1. The second-order valence-electron chi connectivity index (χ2n) is 11.0. The van der Waals surface area contributed by atoms with Crippen molar-refractivity contribution in [2.24, 2.45) is 29.1 Å². The van der Waals surface area contributed by atoms with Crippen LogP contribution in [0.2, 0.25) is 0 Å². The van der Waals surface area contributed by atoms with Gasteiger partial charge in [-0.3, -0.25) is 9.59 Å². The van der Waals surface area contributed by atoms with E-state index in [4.69, 9.17) is 0 Å². The number of nitrogens with zero attached hydrogens (tertiary/aromatic N) is 1. The Balaban J connectivity index is 1.35. The van der Waals surface area contributed by atoms with E-state index < -0.39 is 16.1 Å². The molecular weight excluding hydrogens is 414 g/mol. The van der Waals surface area contributed by atoms with E-state index in [0.717, 1.165) is 19.3 Å². The highest BCUT2D eigenvalue weighted by molar-refractivity contribution is 7.89. The molecule has 0 radical (unpaired) electrons. The van der Waals surface area contributed by atoms with Crippen molar-refractivity contribution >= 4 is 21.8 Å². The molecule has 0 spiro atoms. The van der Waals surface area contributed by atoms with E-state index in [0.29, 0.717) is 43.7 Å². The van der Waals surface area contributed by atoms with Gasteiger partial charge in [0.2, 0.25) is 21.8 Å². The predicted molar refractivity (Wildman–Crippen MR) is 120 cm³/mol. The zero-order chi connectivity index (χ0) is 22.4. The lowest BCUT2D eigenvalue weighted by Gasteiger charge is -2.55. The van der Waals surface area contributed by atoms with E-state index in [2.05, 4.69) is 10.6 Å². The molecule has 1 atom stereocenters. The summed E-state index contributed by atoms with van der Waals surface area (Å²) in [5, 5.41) is 6.24. The minimum absolute atomic E-state index is 0.00146. The molecule has 4 bridgehead atoms. The lowest BCUT2D eigenvalue weighted by molar-refractivity contribution is -0.149. The average molecular weight is 454 g/mol. The minimum atomic E-state index is -3.18. The zero-order valence-corrected chi connectivity index (χ0v) is 20.0. The molecule has 7 nitrogen and oxygen atoms in total. The highest BCUT2D eigenvalue weighted by Crippen LogP contribution is 2.60. The highest BCUT2D eigenvalue weighted by atomic mass is 32.2. The second-order valence-corrected chi connectivity index (χ2v) is 13.2. The summed E-state index contributed by atoms with van der Waals surface area (Å²) in [6.07, 6.45) is 8.04. The smallest absolute Gasteiger partial charge is 0.243 e. The van der Waals surface area contributed by atoms with Crippen molar-refractivity contribution < 1.29 is 18.0 Å². The van der Waals surface area contributed by atoms with Crippen LogP contribution in [-0.2, 0) is 19.6 Å². The lowest BCUT2D eigenvalue weighted by Crippen LogP contribution is -2.59. The summed E-state index contributed by atoms with van der Waals surface area (Å²) in [6, 6.07) is -0.591. The summed E-state index contributed by atoms with van der Waals surface area (Å²) in [7, 11) is -3.18. The van der Waals surface area contributed by atoms with E-state index >= 15 is 0 Å². The molecule has 5 rings (SSSR count). The number of sulfonamides is 1. The number of carbonyl (C=O) groups excluding carboxylic acids is 2. The van der Waals surface area contributed by atoms with Crippen molar-refractivity contribution in [1.29, 1.82) is 0 Å². The van der Waals surface area contributed by atoms with Crippen LogP contribution < -0.4 is 10.6 Å². The maximum absolute atomic E-state index is 13.4. The molecule has 176 valence electrons. The van der Waals surface area contributed by atoms with Crippen molar-refractivity contribution in [1.82, 2.24) is 14.9 Å². The summed E-state index contributed by atoms with van der Waals surface area (Å²) < 4.78 is 25.6. The van der Waals surface area contributed by atoms with Gasteiger partial charge in [-0.15, -0.1) is 0 Å². The molecule has 0 aromatic heterocycles. The Morgan fingerprint density at radius 1 is 1.00 bits per heavy atom. The van der Waals surface area contributed by atoms with Gasteiger partial charge in [0.1, 0.15) is 6.04 Å². The van der Waals surface area contributed by atoms with Gasteiger partial charge in [0.15, 0.2) is 0 Å². The number of amides is 2. The number of rotatable bonds is 7. The first kappa shape index (κ1) is 23.0. The zero-order valence-electron chi connectivity index (χ0n) is 19.2. The minimum Gasteiger partial charge on any atom is -0.351 e. The van der Waals surface area contributed by atoms with Crippen LogP contribution in [0.5, 0.6) is 0 Å². The third-order valence-corrected chi connectivity index (χ3v) is 10.2. The SMILES string of the molecule is CCS(=O)(=O)N1CCC(NC(=O)[C@H](NC(=O)C23CC4CC(CC(C4)C2)C3)C(C)C)CC1. The largest absolute Gasteiger partial charge is 0.351 e. The maximum Gasteiger partial charge on any atom is 0.243 e. The van der Waals surface area contributed by atoms with Crippen LogP contribution in [0, 0.1) is 29.1 Å². The Labute approximate surface area is 187 Å². The monoisotopic (exact) mass is 453 g/mol. The molecule has 5 aliphatic rings. The van der Waals surface area contributed by atoms with Gasteiger partial charge in [-0.05, 0) is 82.0 Å². The van der Waals surface area contributed by atoms with Gasteiger partial charge in [0.05, 0.1) is 5.75 Å². The van der Waals surface area contributed by atoms with E-state index in [1.165, 1.54) is 23.6 Å². The van der Waals surface area contributed by atoms with Crippen LogP contribution in [0.3, 0.4) is 0 Å². The molecule has 0 aromatic rings. The molecule has 5 fully saturated rings. The van der Waals surface area contributed by atoms with Crippen LogP contribution in [-0.4, -0.2) is 55.5 Å². The first-order valence-corrected chi connectivity index (χ1v) is 13.8. The van der Waals surface area contributed by atoms with Gasteiger partial charge in [-0.25, -0.2) is 12.7 Å². The maximum atomic E-state index is 13.4. The Bertz CT molecular complexity index is 766. The Kier molecular flexibility index (Phi) is 6.43. The second kappa shape index (κ2) is 8.65. The van der Waals surface area contributed by atoms with Crippen molar-refractivity contribution in [2.45, 2.75) is 84.2 Å². The number of hydrogen-bond donors (Lipinski definition) is 2. The third kappa shape index (κ3) is 4.65. The molecule has 1 aliphatic heterocycles. The summed E-state index contributed by atoms with van der Waals surface area (Å²) >= 11 is 0. The first-order chi connectivity index (χ1) is 14.6. The van der Waals surface area contributed by atoms with Crippen LogP contribution in [0.25, 0.3) is 0 Å². The molecule has 31 heavy (non-hydrogen) atoms. The fourth-order valence-electron chi connectivity index (χ4n) is 6.97. The topological polar surface area (TPSA) is 95.6 Å². The van der Waals surface area contributed by atoms with Crippen molar-refractivity contribution in [2.75, 3.05) is 18.8 Å². The molecule has 1 heterocycles. The van der Waals surface area contributed by atoms with Gasteiger partial charge >= 0.3 is 0 Å². The van der Waals surface area contributed by atoms with E-state index in [1.54, 1.807) is 6.92 Å². The van der Waals surface area contributed by atoms with Crippen LogP contribution in [0.1, 0.15) is 72.1 Å². The lowest BCUT2D eigenvalue weighted by atomic mass is 9.49. The van der Waals surface area contributed by atoms with Gasteiger partial charge in [0, 0.05) is 24.5 Å². The van der Waals surface area contributed by atoms with Crippen LogP contribution in [0.4, 0.5) is 0 Å². The third-order valence-electron chi connectivity index (χ3n) is 8.31. The summed E-state index contributed by atoms with van der Waals surface area (Å²) in [5.41, 5.74) is -0.262. The molecule has 4 saturated carbocycles. The van der Waals surface area contributed by atoms with Crippen molar-refractivity contribution in [3.63, 3.8) is 0 Å². The quantitative estimate of drug-likeness (QED) is 0.618. The first-order valence-electron chi connectivity index (χ1n) is 12.2. The van der Waals surface area contributed by atoms with E-state index in [-0.39, 0.29) is 34.9 Å². The highest BCUT2D eigenvalue weighted by Gasteiger charge is 2.55. The molecule has 2 amide bonds. The predicted octanol–water partition coefficient (Wildman–Crippen LogP) is 2.27. The van der Waals surface area contributed by atoms with Crippen LogP contribution in [0.15, 0.2) is 0 Å². The molecule has 0 unspecified atom stereocenters. The summed E-state index contributed by atoms with van der Waals surface area (Å²) in [5.74, 6) is 2.12. The molecule has 4 aliphatic carbocycles. The van der Waals surface area contributed by atoms with Gasteiger partial charge in [0.25, 0.3) is 0 Å². The Morgan fingerprint density at radius 3 is 1.97 bits per heavy atom. The van der Waals surface area contributed by atoms with Crippen LogP contribution >= 0.6 is 0 Å². The van der Waals surface area contributed by atoms with E-state index in [9.17, 15) is 18.0 Å². The fraction of sp³-hybridized carbons (Fsp3) is 0.913. The summed E-state index contributed by atoms with van der Waals surface area (Å²) in [6.45, 7) is 6.48. The Morgan fingerprint density at radius 2 is 1.52 bits per heavy atom. The average Bonchev–Trinajstić information content (AvgIpc) is 2.70. The molecule has 0 aromatic carbocycles. The summed E-state index contributed by atoms with van der Waals surface area (Å²) in [4.78, 5) is 26.5. The molecular formula is C23H39N3O4S. The van der Waals surface area contributed by atoms with Crippen molar-refractivity contribution in [3.8, 4) is 0 Å². The normalized spacial score (nSPS) is 34.6. The van der Waals surface area contributed by atoms with E-state index in [1.807, 2.05) is 13.8 Å². The number of hydrogen-bond acceptors (Lipinski definition) is 4. The fourth-order valence-corrected chi connectivity index (χ4v) is 8.10. The molecule has 1 saturated heterocycles. The number of nitrogens with one attached hydrogen (secondary N) is 2. The van der Waals surface area contributed by atoms with Crippen molar-refractivity contribution in [3.05, 3.63) is 0 Å². The van der Waals surface area contributed by atoms with Gasteiger partial charge in [-0.2, -0.15) is 0 Å². The number of carbonyl (C=O) groups is 2. The van der Waals surface area contributed by atoms with Gasteiger partial charge in [-0.1, -0.05) is 13.8 Å². The molecule has 8 heteroatoms. The van der Waals surface area contributed by atoms with Gasteiger partial charge < -0.3 is 10.6 Å². The molecule has 2 N–H and O–H groups in total. The Hall–Kier alpha value is -1.15.